The first-order valence-electron chi connectivity index (χ1n) is 12.8. The van der Waals surface area contributed by atoms with Crippen LogP contribution in [0.15, 0.2) is 10.4 Å². The molecule has 0 aliphatic carbocycles. The topological polar surface area (TPSA) is 0 Å². The van der Waals surface area contributed by atoms with Crippen molar-refractivity contribution in [2.75, 3.05) is 0 Å². The third-order valence-electron chi connectivity index (χ3n) is 9.50. The van der Waals surface area contributed by atoms with E-state index < -0.39 is 22.3 Å². The van der Waals surface area contributed by atoms with Gasteiger partial charge in [-0.3, -0.25) is 0 Å². The predicted octanol–water partition coefficient (Wildman–Crippen LogP) is 10.7. The molecular formula is C28H60Si3. The third-order valence-corrected chi connectivity index (χ3v) is 59.5. The SMILES string of the molecule is CC1=C(C)[Si]1([Si](C(C)(C)C)(C(C)(C)C)C(C)(C)C)[Si](C(C)(C)C)(C(C)(C)C)C(C)(C)C. The first kappa shape index (κ1) is 29.4. The summed E-state index contributed by atoms with van der Waals surface area (Å²) in [5, 5.41) is 5.90. The molecule has 1 rings (SSSR count). The first-order valence-corrected chi connectivity index (χ1v) is 20.8. The Labute approximate surface area is 201 Å². The lowest BCUT2D eigenvalue weighted by atomic mass is 10.2. The Kier molecular flexibility index (Phi) is 6.83. The molecule has 0 amide bonds. The van der Waals surface area contributed by atoms with Crippen molar-refractivity contribution in [3.8, 4) is 0 Å². The molecule has 1 aliphatic rings. The van der Waals surface area contributed by atoms with Crippen LogP contribution in [0.1, 0.15) is 138 Å². The second kappa shape index (κ2) is 7.20. The Morgan fingerprint density at radius 1 is 0.355 bits per heavy atom. The highest BCUT2D eigenvalue weighted by atomic mass is 29.6. The van der Waals surface area contributed by atoms with Crippen LogP contribution in [0.4, 0.5) is 0 Å². The first-order chi connectivity index (χ1) is 13.1. The predicted molar refractivity (Wildman–Crippen MR) is 154 cm³/mol. The van der Waals surface area contributed by atoms with Crippen LogP contribution < -0.4 is 0 Å². The standard InChI is InChI=1S/C28H60Si3/c1-21-22(2)29(21,30(23(3,4)5,24(6,7)8)25(9,10)11)31(26(12,13)14,27(15,16)17)28(18,19)20/h1-20H3. The molecule has 0 N–H and O–H groups in total. The zero-order chi connectivity index (χ0) is 25.7. The van der Waals surface area contributed by atoms with E-state index in [1.54, 1.807) is 0 Å². The highest BCUT2D eigenvalue weighted by molar-refractivity contribution is 7.80. The largest absolute Gasteiger partial charge is 0.0962 e. The van der Waals surface area contributed by atoms with E-state index in [2.05, 4.69) is 138 Å². The van der Waals surface area contributed by atoms with Gasteiger partial charge in [-0.1, -0.05) is 135 Å². The van der Waals surface area contributed by atoms with Crippen molar-refractivity contribution in [3.63, 3.8) is 0 Å². The molecule has 0 aromatic heterocycles. The third kappa shape index (κ3) is 3.28. The molecule has 0 spiro atoms. The van der Waals surface area contributed by atoms with Crippen LogP contribution in [0.3, 0.4) is 0 Å². The van der Waals surface area contributed by atoms with Crippen LogP contribution >= 0.6 is 0 Å². The van der Waals surface area contributed by atoms with Crippen LogP contribution in [0, 0.1) is 0 Å². The number of hydrogen-bond acceptors (Lipinski definition) is 0. The summed E-state index contributed by atoms with van der Waals surface area (Å²) in [5.74, 6) is 0. The number of allylic oxidation sites excluding steroid dienone is 2. The summed E-state index contributed by atoms with van der Waals surface area (Å²) in [7, 11) is -5.88. The van der Waals surface area contributed by atoms with Crippen LogP contribution in [0.25, 0.3) is 0 Å². The lowest BCUT2D eigenvalue weighted by molar-refractivity contribution is 0.541. The van der Waals surface area contributed by atoms with Gasteiger partial charge in [-0.25, -0.2) is 0 Å². The van der Waals surface area contributed by atoms with E-state index in [4.69, 9.17) is 0 Å². The maximum Gasteiger partial charge on any atom is 0.0962 e. The van der Waals surface area contributed by atoms with Gasteiger partial charge < -0.3 is 0 Å². The zero-order valence-electron chi connectivity index (χ0n) is 25.5. The fourth-order valence-electron chi connectivity index (χ4n) is 12.1. The van der Waals surface area contributed by atoms with E-state index >= 15 is 0 Å². The Morgan fingerprint density at radius 2 is 0.484 bits per heavy atom. The van der Waals surface area contributed by atoms with E-state index in [1.165, 1.54) is 0 Å². The summed E-state index contributed by atoms with van der Waals surface area (Å²) in [6.45, 7) is 52.9. The molecule has 31 heavy (non-hydrogen) atoms. The van der Waals surface area contributed by atoms with Crippen LogP contribution in [-0.4, -0.2) is 22.3 Å². The van der Waals surface area contributed by atoms with Gasteiger partial charge >= 0.3 is 0 Å². The van der Waals surface area contributed by atoms with E-state index in [-0.39, 0.29) is 0 Å². The zero-order valence-corrected chi connectivity index (χ0v) is 28.5. The molecule has 0 nitrogen and oxygen atoms in total. The fraction of sp³-hybridized carbons (Fsp3) is 0.929. The Balaban J connectivity index is 4.66. The smallest absolute Gasteiger partial charge is 0.0886 e. The minimum Gasteiger partial charge on any atom is -0.0886 e. The summed E-state index contributed by atoms with van der Waals surface area (Å²) in [4.78, 5) is 0. The normalized spacial score (nSPS) is 19.7. The van der Waals surface area contributed by atoms with E-state index in [9.17, 15) is 0 Å². The molecule has 3 heteroatoms. The minimum atomic E-state index is -1.98. The maximum atomic E-state index is 2.65. The fourth-order valence-corrected chi connectivity index (χ4v) is 93.3. The van der Waals surface area contributed by atoms with Gasteiger partial charge in [0.15, 0.2) is 0 Å². The minimum absolute atomic E-state index is 0.342. The molecule has 0 saturated carbocycles. The molecule has 0 aromatic rings. The molecule has 0 atom stereocenters. The molecule has 0 unspecified atom stereocenters. The van der Waals surface area contributed by atoms with Crippen molar-refractivity contribution in [3.05, 3.63) is 10.4 Å². The lowest BCUT2D eigenvalue weighted by Crippen LogP contribution is -2.87. The summed E-state index contributed by atoms with van der Waals surface area (Å²) in [6.07, 6.45) is 0. The van der Waals surface area contributed by atoms with E-state index in [0.29, 0.717) is 30.2 Å². The molecule has 0 aromatic carbocycles. The molecule has 0 radical (unpaired) electrons. The van der Waals surface area contributed by atoms with Gasteiger partial charge in [0.05, 0.1) is 22.3 Å². The second-order valence-electron chi connectivity index (χ2n) is 17.0. The molecule has 0 fully saturated rings. The van der Waals surface area contributed by atoms with Gasteiger partial charge in [-0.2, -0.15) is 0 Å². The van der Waals surface area contributed by atoms with Crippen molar-refractivity contribution >= 4 is 22.3 Å². The van der Waals surface area contributed by atoms with Gasteiger partial charge in [0, 0.05) is 0 Å². The summed E-state index contributed by atoms with van der Waals surface area (Å²) in [6, 6.07) is 0. The van der Waals surface area contributed by atoms with E-state index in [0.717, 1.165) is 0 Å². The average molecular weight is 481 g/mol. The van der Waals surface area contributed by atoms with Crippen molar-refractivity contribution in [1.82, 2.24) is 0 Å². The van der Waals surface area contributed by atoms with Crippen molar-refractivity contribution < 1.29 is 0 Å². The molecular weight excluding hydrogens is 421 g/mol. The lowest BCUT2D eigenvalue weighted by Gasteiger charge is -2.74. The Hall–Kier alpha value is 0.391. The number of rotatable bonds is 2. The molecule has 0 saturated heterocycles. The summed E-state index contributed by atoms with van der Waals surface area (Å²) >= 11 is 0. The highest BCUT2D eigenvalue weighted by Crippen LogP contribution is 2.80. The van der Waals surface area contributed by atoms with Gasteiger partial charge in [-0.05, 0) is 44.1 Å². The van der Waals surface area contributed by atoms with Gasteiger partial charge in [0.25, 0.3) is 0 Å². The molecule has 0 bridgehead atoms. The van der Waals surface area contributed by atoms with Crippen LogP contribution in [0.5, 0.6) is 0 Å². The van der Waals surface area contributed by atoms with Crippen LogP contribution in [0.2, 0.25) is 30.2 Å². The summed E-state index contributed by atoms with van der Waals surface area (Å²) < 4.78 is 0. The highest BCUT2D eigenvalue weighted by Gasteiger charge is 2.87. The number of hydrogen-bond donors (Lipinski definition) is 0. The molecule has 1 aliphatic heterocycles. The quantitative estimate of drug-likeness (QED) is 0.345. The van der Waals surface area contributed by atoms with Crippen molar-refractivity contribution in [2.24, 2.45) is 0 Å². The Morgan fingerprint density at radius 3 is 0.548 bits per heavy atom. The van der Waals surface area contributed by atoms with Gasteiger partial charge in [0.2, 0.25) is 0 Å². The van der Waals surface area contributed by atoms with Crippen molar-refractivity contribution in [1.29, 1.82) is 0 Å². The van der Waals surface area contributed by atoms with Gasteiger partial charge in [0.1, 0.15) is 0 Å². The maximum absolute atomic E-state index is 2.65. The van der Waals surface area contributed by atoms with E-state index in [1.807, 2.05) is 10.4 Å². The van der Waals surface area contributed by atoms with Crippen molar-refractivity contribution in [2.45, 2.75) is 169 Å². The Bertz CT molecular complexity index is 590. The molecule has 1 heterocycles. The van der Waals surface area contributed by atoms with Crippen LogP contribution in [-0.2, 0) is 0 Å². The monoisotopic (exact) mass is 480 g/mol. The second-order valence-corrected chi connectivity index (χ2v) is 42.5. The molecule has 184 valence electrons. The average Bonchev–Trinajstić information content (AvgIpc) is 2.82. The van der Waals surface area contributed by atoms with Gasteiger partial charge in [-0.15, -0.1) is 0 Å². The summed E-state index contributed by atoms with van der Waals surface area (Å²) in [5.41, 5.74) is 0.